The summed E-state index contributed by atoms with van der Waals surface area (Å²) in [7, 11) is 3.47. The maximum atomic E-state index is 12.3. The lowest BCUT2D eigenvalue weighted by molar-refractivity contribution is -0.119. The molecule has 1 aromatic heterocycles. The first-order valence-electron chi connectivity index (χ1n) is 9.32. The number of amides is 1. The molecule has 0 aliphatic heterocycles. The van der Waals surface area contributed by atoms with E-state index in [1.807, 2.05) is 37.4 Å². The highest BCUT2D eigenvalue weighted by molar-refractivity contribution is 7.09. The van der Waals surface area contributed by atoms with E-state index in [9.17, 15) is 4.79 Å². The third-order valence-electron chi connectivity index (χ3n) is 4.39. The zero-order chi connectivity index (χ0) is 21.5. The van der Waals surface area contributed by atoms with Gasteiger partial charge in [-0.05, 0) is 41.8 Å². The normalized spacial score (nSPS) is 10.7. The second-order valence-electron chi connectivity index (χ2n) is 6.71. The maximum Gasteiger partial charge on any atom is 0.239 e. The Bertz CT molecular complexity index is 1010. The maximum absolute atomic E-state index is 12.3. The van der Waals surface area contributed by atoms with Gasteiger partial charge in [0.1, 0.15) is 11.6 Å². The lowest BCUT2D eigenvalue weighted by atomic mass is 10.1. The average molecular weight is 465 g/mol. The van der Waals surface area contributed by atoms with Crippen LogP contribution in [0.1, 0.15) is 17.0 Å². The summed E-state index contributed by atoms with van der Waals surface area (Å²) in [5.41, 5.74) is 2.01. The predicted octanol–water partition coefficient (Wildman–Crippen LogP) is 4.24. The highest BCUT2D eigenvalue weighted by Crippen LogP contribution is 2.21. The zero-order valence-electron chi connectivity index (χ0n) is 16.7. The number of hydrogen-bond donors (Lipinski definition) is 1. The standard InChI is InChI=1S/C21H22Cl2N4O2S/c1-27(13-20(28)24-9-8-15-6-7-16(22)12-18(15)23)21-25-19(26-30-21)11-14-4-3-5-17(10-14)29-2/h3-7,10,12H,8-9,11,13H2,1-2H3,(H,24,28). The molecule has 3 aromatic rings. The molecule has 0 fully saturated rings. The Morgan fingerprint density at radius 2 is 2.07 bits per heavy atom. The van der Waals surface area contributed by atoms with Crippen LogP contribution < -0.4 is 15.0 Å². The van der Waals surface area contributed by atoms with E-state index in [1.165, 1.54) is 11.5 Å². The fourth-order valence-corrected chi connectivity index (χ4v) is 3.98. The number of ether oxygens (including phenoxy) is 1. The molecule has 1 N–H and O–H groups in total. The molecule has 0 spiro atoms. The van der Waals surface area contributed by atoms with Crippen LogP contribution in [0.4, 0.5) is 5.13 Å². The van der Waals surface area contributed by atoms with Crippen LogP contribution in [-0.4, -0.2) is 42.5 Å². The van der Waals surface area contributed by atoms with E-state index >= 15 is 0 Å². The van der Waals surface area contributed by atoms with Gasteiger partial charge in [-0.15, -0.1) is 0 Å². The summed E-state index contributed by atoms with van der Waals surface area (Å²) in [5.74, 6) is 1.43. The zero-order valence-corrected chi connectivity index (χ0v) is 19.0. The molecule has 0 saturated heterocycles. The number of nitrogens with zero attached hydrogens (tertiary/aromatic N) is 3. The largest absolute Gasteiger partial charge is 0.497 e. The smallest absolute Gasteiger partial charge is 0.239 e. The van der Waals surface area contributed by atoms with E-state index in [0.29, 0.717) is 40.4 Å². The van der Waals surface area contributed by atoms with Crippen molar-refractivity contribution in [3.05, 3.63) is 69.5 Å². The monoisotopic (exact) mass is 464 g/mol. The van der Waals surface area contributed by atoms with Crippen molar-refractivity contribution < 1.29 is 9.53 Å². The molecule has 0 unspecified atom stereocenters. The third kappa shape index (κ3) is 6.32. The van der Waals surface area contributed by atoms with Crippen molar-refractivity contribution in [2.75, 3.05) is 32.1 Å². The van der Waals surface area contributed by atoms with Gasteiger partial charge in [-0.2, -0.15) is 4.37 Å². The van der Waals surface area contributed by atoms with E-state index in [2.05, 4.69) is 14.7 Å². The molecule has 0 bridgehead atoms. The van der Waals surface area contributed by atoms with E-state index in [-0.39, 0.29) is 12.5 Å². The van der Waals surface area contributed by atoms with E-state index in [0.717, 1.165) is 16.9 Å². The Morgan fingerprint density at radius 1 is 1.23 bits per heavy atom. The summed E-state index contributed by atoms with van der Waals surface area (Å²) in [6.45, 7) is 0.688. The van der Waals surface area contributed by atoms with Gasteiger partial charge in [0.2, 0.25) is 11.0 Å². The van der Waals surface area contributed by atoms with Crippen LogP contribution in [-0.2, 0) is 17.6 Å². The van der Waals surface area contributed by atoms with Gasteiger partial charge >= 0.3 is 0 Å². The first-order chi connectivity index (χ1) is 14.4. The van der Waals surface area contributed by atoms with E-state index in [1.54, 1.807) is 24.1 Å². The molecule has 0 radical (unpaired) electrons. The van der Waals surface area contributed by atoms with Gasteiger partial charge in [0.05, 0.1) is 13.7 Å². The van der Waals surface area contributed by atoms with Gasteiger partial charge in [-0.25, -0.2) is 4.98 Å². The number of hydrogen-bond acceptors (Lipinski definition) is 6. The quantitative estimate of drug-likeness (QED) is 0.512. The number of carbonyl (C=O) groups excluding carboxylic acids is 1. The van der Waals surface area contributed by atoms with Crippen LogP contribution in [0.5, 0.6) is 5.75 Å². The number of likely N-dealkylation sites (N-methyl/N-ethyl adjacent to an activating group) is 1. The number of methoxy groups -OCH3 is 1. The molecule has 158 valence electrons. The van der Waals surface area contributed by atoms with Crippen LogP contribution in [0.15, 0.2) is 42.5 Å². The van der Waals surface area contributed by atoms with Gasteiger partial charge in [-0.1, -0.05) is 41.4 Å². The van der Waals surface area contributed by atoms with Gasteiger partial charge in [0.25, 0.3) is 0 Å². The number of benzene rings is 2. The van der Waals surface area contributed by atoms with Gasteiger partial charge in [0.15, 0.2) is 0 Å². The van der Waals surface area contributed by atoms with Crippen molar-refractivity contribution in [2.24, 2.45) is 0 Å². The van der Waals surface area contributed by atoms with Crippen LogP contribution in [0.2, 0.25) is 10.0 Å². The molecule has 6 nitrogen and oxygen atoms in total. The van der Waals surface area contributed by atoms with Gasteiger partial charge < -0.3 is 15.0 Å². The molecule has 1 heterocycles. The Hall–Kier alpha value is -2.35. The number of anilines is 1. The Kier molecular flexibility index (Phi) is 7.90. The minimum atomic E-state index is -0.0906. The van der Waals surface area contributed by atoms with Crippen molar-refractivity contribution in [3.63, 3.8) is 0 Å². The highest BCUT2D eigenvalue weighted by atomic mass is 35.5. The van der Waals surface area contributed by atoms with Crippen LogP contribution >= 0.6 is 34.7 Å². The average Bonchev–Trinajstić information content (AvgIpc) is 3.18. The van der Waals surface area contributed by atoms with E-state index in [4.69, 9.17) is 27.9 Å². The number of aromatic nitrogens is 2. The van der Waals surface area contributed by atoms with Gasteiger partial charge in [-0.3, -0.25) is 4.79 Å². The Morgan fingerprint density at radius 3 is 2.83 bits per heavy atom. The fourth-order valence-electron chi connectivity index (χ4n) is 2.84. The van der Waals surface area contributed by atoms with Crippen LogP contribution in [0, 0.1) is 0 Å². The van der Waals surface area contributed by atoms with Crippen LogP contribution in [0.3, 0.4) is 0 Å². The molecule has 0 aliphatic carbocycles. The Labute approximate surface area is 190 Å². The molecule has 3 rings (SSSR count). The first kappa shape index (κ1) is 22.3. The first-order valence-corrected chi connectivity index (χ1v) is 10.8. The summed E-state index contributed by atoms with van der Waals surface area (Å²) < 4.78 is 9.65. The van der Waals surface area contributed by atoms with Crippen molar-refractivity contribution in [3.8, 4) is 5.75 Å². The number of rotatable bonds is 9. The molecule has 0 saturated carbocycles. The summed E-state index contributed by atoms with van der Waals surface area (Å²) >= 11 is 13.3. The lowest BCUT2D eigenvalue weighted by Crippen LogP contribution is -2.36. The third-order valence-corrected chi connectivity index (χ3v) is 5.85. The molecule has 30 heavy (non-hydrogen) atoms. The topological polar surface area (TPSA) is 67.3 Å². The number of carbonyl (C=O) groups is 1. The molecule has 0 aliphatic rings. The predicted molar refractivity (Wildman–Crippen MR) is 122 cm³/mol. The molecular formula is C21H22Cl2N4O2S. The Balaban J connectivity index is 1.48. The summed E-state index contributed by atoms with van der Waals surface area (Å²) in [6, 6.07) is 13.2. The number of halogens is 2. The molecule has 1 amide bonds. The second kappa shape index (κ2) is 10.6. The molecular weight excluding hydrogens is 443 g/mol. The summed E-state index contributed by atoms with van der Waals surface area (Å²) in [5, 5.41) is 4.80. The van der Waals surface area contributed by atoms with Gasteiger partial charge in [0, 0.05) is 41.6 Å². The minimum absolute atomic E-state index is 0.0906. The second-order valence-corrected chi connectivity index (χ2v) is 8.29. The molecule has 9 heteroatoms. The SMILES string of the molecule is COc1cccc(Cc2nsc(N(C)CC(=O)NCCc3ccc(Cl)cc3Cl)n2)c1. The highest BCUT2D eigenvalue weighted by Gasteiger charge is 2.13. The van der Waals surface area contributed by atoms with E-state index < -0.39 is 0 Å². The van der Waals surface area contributed by atoms with Crippen molar-refractivity contribution >= 4 is 45.8 Å². The molecule has 2 aromatic carbocycles. The molecule has 0 atom stereocenters. The summed E-state index contributed by atoms with van der Waals surface area (Å²) in [6.07, 6.45) is 1.24. The fraction of sp³-hybridized carbons (Fsp3) is 0.286. The van der Waals surface area contributed by atoms with Crippen molar-refractivity contribution in [1.29, 1.82) is 0 Å². The lowest BCUT2D eigenvalue weighted by Gasteiger charge is -2.15. The summed E-state index contributed by atoms with van der Waals surface area (Å²) in [4.78, 5) is 18.6. The van der Waals surface area contributed by atoms with Crippen molar-refractivity contribution in [2.45, 2.75) is 12.8 Å². The van der Waals surface area contributed by atoms with Crippen LogP contribution in [0.25, 0.3) is 0 Å². The number of nitrogens with one attached hydrogen (secondary N) is 1. The minimum Gasteiger partial charge on any atom is -0.497 e. The van der Waals surface area contributed by atoms with Crippen molar-refractivity contribution in [1.82, 2.24) is 14.7 Å².